The number of amides is 2. The van der Waals surface area contributed by atoms with Gasteiger partial charge in [-0.15, -0.1) is 0 Å². The molecule has 1 aliphatic rings. The van der Waals surface area contributed by atoms with E-state index in [1.807, 2.05) is 0 Å². The molecular formula is C15H19FN2O2. The smallest absolute Gasteiger partial charge is 0.257 e. The molecule has 1 aliphatic heterocycles. The monoisotopic (exact) mass is 278 g/mol. The van der Waals surface area contributed by atoms with E-state index in [1.54, 1.807) is 44.9 Å². The second-order valence-electron chi connectivity index (χ2n) is 5.68. The minimum absolute atomic E-state index is 0.0235. The first-order valence-corrected chi connectivity index (χ1v) is 6.59. The minimum Gasteiger partial charge on any atom is -0.342 e. The number of rotatable bonds is 1. The zero-order valence-electron chi connectivity index (χ0n) is 12.2. The summed E-state index contributed by atoms with van der Waals surface area (Å²) in [6.45, 7) is 5.86. The fraction of sp³-hybridized carbons (Fsp3) is 0.467. The predicted molar refractivity (Wildman–Crippen MR) is 73.9 cm³/mol. The molecule has 2 rings (SSSR count). The molecule has 0 unspecified atom stereocenters. The minimum atomic E-state index is -0.958. The molecule has 1 aromatic rings. The number of nitrogens with zero attached hydrogens (tertiary/aromatic N) is 2. The number of carbonyl (C=O) groups is 2. The lowest BCUT2D eigenvalue weighted by atomic mass is 9.96. The highest BCUT2D eigenvalue weighted by Crippen LogP contribution is 2.25. The Bertz CT molecular complexity index is 569. The number of hydrogen-bond acceptors (Lipinski definition) is 2. The molecule has 5 heteroatoms. The van der Waals surface area contributed by atoms with E-state index in [0.29, 0.717) is 18.7 Å². The fourth-order valence-electron chi connectivity index (χ4n) is 2.53. The van der Waals surface area contributed by atoms with Gasteiger partial charge in [0.2, 0.25) is 5.91 Å². The molecule has 4 nitrogen and oxygen atoms in total. The molecule has 2 amide bonds. The number of piperazine rings is 1. The first-order valence-electron chi connectivity index (χ1n) is 6.59. The van der Waals surface area contributed by atoms with Crippen molar-refractivity contribution in [2.75, 3.05) is 20.1 Å². The zero-order chi connectivity index (χ0) is 15.1. The van der Waals surface area contributed by atoms with Gasteiger partial charge in [0, 0.05) is 20.1 Å². The summed E-state index contributed by atoms with van der Waals surface area (Å²) in [6, 6.07) is 4.73. The lowest BCUT2D eigenvalue weighted by Crippen LogP contribution is -2.63. The number of aryl methyl sites for hydroxylation is 1. The van der Waals surface area contributed by atoms with Crippen LogP contribution in [0.5, 0.6) is 0 Å². The summed E-state index contributed by atoms with van der Waals surface area (Å²) in [5.74, 6) is -1.08. The molecule has 0 saturated carbocycles. The largest absolute Gasteiger partial charge is 0.342 e. The summed E-state index contributed by atoms with van der Waals surface area (Å²) in [5, 5.41) is 0. The van der Waals surface area contributed by atoms with E-state index in [1.165, 1.54) is 11.0 Å². The molecule has 0 aliphatic carbocycles. The molecule has 0 aromatic heterocycles. The zero-order valence-corrected chi connectivity index (χ0v) is 12.2. The maximum Gasteiger partial charge on any atom is 0.257 e. The topological polar surface area (TPSA) is 40.6 Å². The number of hydrogen-bond donors (Lipinski definition) is 0. The van der Waals surface area contributed by atoms with Gasteiger partial charge >= 0.3 is 0 Å². The van der Waals surface area contributed by atoms with Crippen molar-refractivity contribution in [3.05, 3.63) is 35.1 Å². The molecule has 1 heterocycles. The quantitative estimate of drug-likeness (QED) is 0.786. The number of carbonyl (C=O) groups excluding carboxylic acids is 2. The van der Waals surface area contributed by atoms with Crippen molar-refractivity contribution >= 4 is 11.8 Å². The molecule has 0 spiro atoms. The summed E-state index contributed by atoms with van der Waals surface area (Å²) >= 11 is 0. The fourth-order valence-corrected chi connectivity index (χ4v) is 2.53. The SMILES string of the molecule is Cc1cccc(C(=O)N2CCN(C)C(=O)C2(C)C)c1F. The van der Waals surface area contributed by atoms with Gasteiger partial charge in [0.05, 0.1) is 5.56 Å². The summed E-state index contributed by atoms with van der Waals surface area (Å²) in [6.07, 6.45) is 0. The molecule has 0 bridgehead atoms. The summed E-state index contributed by atoms with van der Waals surface area (Å²) in [7, 11) is 1.71. The summed E-state index contributed by atoms with van der Waals surface area (Å²) in [4.78, 5) is 27.8. The van der Waals surface area contributed by atoms with Gasteiger partial charge in [-0.2, -0.15) is 0 Å². The number of likely N-dealkylation sites (N-methyl/N-ethyl adjacent to an activating group) is 1. The summed E-state index contributed by atoms with van der Waals surface area (Å²) < 4.78 is 14.1. The maximum absolute atomic E-state index is 14.1. The summed E-state index contributed by atoms with van der Waals surface area (Å²) in [5.41, 5.74) is -0.509. The van der Waals surface area contributed by atoms with Crippen molar-refractivity contribution in [1.82, 2.24) is 9.80 Å². The molecule has 108 valence electrons. The van der Waals surface area contributed by atoms with Crippen LogP contribution in [-0.2, 0) is 4.79 Å². The van der Waals surface area contributed by atoms with Gasteiger partial charge in [-0.05, 0) is 32.4 Å². The van der Waals surface area contributed by atoms with E-state index in [9.17, 15) is 14.0 Å². The van der Waals surface area contributed by atoms with Gasteiger partial charge in [0.1, 0.15) is 11.4 Å². The average molecular weight is 278 g/mol. The first-order chi connectivity index (χ1) is 9.26. The molecule has 20 heavy (non-hydrogen) atoms. The lowest BCUT2D eigenvalue weighted by Gasteiger charge is -2.44. The lowest BCUT2D eigenvalue weighted by molar-refractivity contribution is -0.144. The van der Waals surface area contributed by atoms with Crippen LogP contribution in [-0.4, -0.2) is 47.3 Å². The molecule has 0 atom stereocenters. The van der Waals surface area contributed by atoms with Gasteiger partial charge in [-0.3, -0.25) is 9.59 Å². The highest BCUT2D eigenvalue weighted by atomic mass is 19.1. The van der Waals surface area contributed by atoms with Gasteiger partial charge in [0.15, 0.2) is 0 Å². The number of benzene rings is 1. The van der Waals surface area contributed by atoms with E-state index < -0.39 is 17.3 Å². The van der Waals surface area contributed by atoms with E-state index in [4.69, 9.17) is 0 Å². The Morgan fingerprint density at radius 1 is 1.30 bits per heavy atom. The van der Waals surface area contributed by atoms with Crippen molar-refractivity contribution in [2.45, 2.75) is 26.3 Å². The highest BCUT2D eigenvalue weighted by Gasteiger charge is 2.43. The van der Waals surface area contributed by atoms with Crippen molar-refractivity contribution in [1.29, 1.82) is 0 Å². The third-order valence-corrected chi connectivity index (χ3v) is 3.87. The molecule has 0 N–H and O–H groups in total. The standard InChI is InChI=1S/C15H19FN2O2/c1-10-6-5-7-11(12(10)16)13(19)18-9-8-17(4)14(20)15(18,2)3/h5-7H,8-9H2,1-4H3. The van der Waals surface area contributed by atoms with Gasteiger partial charge in [-0.25, -0.2) is 4.39 Å². The second-order valence-corrected chi connectivity index (χ2v) is 5.68. The second kappa shape index (κ2) is 4.89. The van der Waals surface area contributed by atoms with E-state index >= 15 is 0 Å². The Balaban J connectivity index is 2.38. The Labute approximate surface area is 118 Å². The Kier molecular flexibility index (Phi) is 3.54. The van der Waals surface area contributed by atoms with Crippen LogP contribution in [0.25, 0.3) is 0 Å². The van der Waals surface area contributed by atoms with E-state index in [-0.39, 0.29) is 11.5 Å². The van der Waals surface area contributed by atoms with Crippen LogP contribution >= 0.6 is 0 Å². The van der Waals surface area contributed by atoms with Crippen LogP contribution in [0.3, 0.4) is 0 Å². The van der Waals surface area contributed by atoms with Crippen LogP contribution in [0.4, 0.5) is 4.39 Å². The van der Waals surface area contributed by atoms with Crippen molar-refractivity contribution in [3.63, 3.8) is 0 Å². The highest BCUT2D eigenvalue weighted by molar-refractivity contribution is 5.99. The normalized spacial score (nSPS) is 18.4. The van der Waals surface area contributed by atoms with Crippen LogP contribution < -0.4 is 0 Å². The molecule has 0 radical (unpaired) electrons. The Morgan fingerprint density at radius 3 is 2.60 bits per heavy atom. The Hall–Kier alpha value is -1.91. The first kappa shape index (κ1) is 14.5. The maximum atomic E-state index is 14.1. The van der Waals surface area contributed by atoms with Crippen LogP contribution in [0, 0.1) is 12.7 Å². The Morgan fingerprint density at radius 2 is 1.95 bits per heavy atom. The van der Waals surface area contributed by atoms with Crippen LogP contribution in [0.1, 0.15) is 29.8 Å². The molecule has 1 aromatic carbocycles. The van der Waals surface area contributed by atoms with Gasteiger partial charge < -0.3 is 9.80 Å². The average Bonchev–Trinajstić information content (AvgIpc) is 2.39. The molecular weight excluding hydrogens is 259 g/mol. The third-order valence-electron chi connectivity index (χ3n) is 3.87. The van der Waals surface area contributed by atoms with Crippen molar-refractivity contribution < 1.29 is 14.0 Å². The molecule has 1 fully saturated rings. The number of halogens is 1. The van der Waals surface area contributed by atoms with Crippen molar-refractivity contribution in [2.24, 2.45) is 0 Å². The van der Waals surface area contributed by atoms with E-state index in [0.717, 1.165) is 0 Å². The molecule has 1 saturated heterocycles. The van der Waals surface area contributed by atoms with Gasteiger partial charge in [0.25, 0.3) is 5.91 Å². The van der Waals surface area contributed by atoms with Crippen LogP contribution in [0.15, 0.2) is 18.2 Å². The third kappa shape index (κ3) is 2.17. The van der Waals surface area contributed by atoms with E-state index in [2.05, 4.69) is 0 Å². The van der Waals surface area contributed by atoms with Crippen molar-refractivity contribution in [3.8, 4) is 0 Å². The predicted octanol–water partition coefficient (Wildman–Crippen LogP) is 1.83. The van der Waals surface area contributed by atoms with Crippen LogP contribution in [0.2, 0.25) is 0 Å². The van der Waals surface area contributed by atoms with Gasteiger partial charge in [-0.1, -0.05) is 12.1 Å².